The first-order chi connectivity index (χ1) is 13.0. The third-order valence-corrected chi connectivity index (χ3v) is 4.21. The van der Waals surface area contributed by atoms with Gasteiger partial charge in [-0.2, -0.15) is 0 Å². The molecule has 3 aromatic rings. The van der Waals surface area contributed by atoms with Gasteiger partial charge in [0.05, 0.1) is 12.5 Å². The van der Waals surface area contributed by atoms with E-state index in [1.54, 1.807) is 60.7 Å². The molecule has 0 aromatic heterocycles. The van der Waals surface area contributed by atoms with Gasteiger partial charge in [0.1, 0.15) is 5.75 Å². The van der Waals surface area contributed by atoms with Gasteiger partial charge in [0, 0.05) is 16.8 Å². The SMILES string of the molecule is O=C(O)CC(Nc1ccccc1C(=O)c1ccccc1)c1ccc(O)cc1. The number of aliphatic carboxylic acids is 1. The van der Waals surface area contributed by atoms with Gasteiger partial charge in [0.15, 0.2) is 5.78 Å². The summed E-state index contributed by atoms with van der Waals surface area (Å²) in [6.45, 7) is 0. The van der Waals surface area contributed by atoms with Crippen LogP contribution in [0.1, 0.15) is 33.9 Å². The molecule has 0 spiro atoms. The summed E-state index contributed by atoms with van der Waals surface area (Å²) in [6.07, 6.45) is -0.168. The summed E-state index contributed by atoms with van der Waals surface area (Å²) < 4.78 is 0. The van der Waals surface area contributed by atoms with Crippen LogP contribution in [0.5, 0.6) is 5.75 Å². The van der Waals surface area contributed by atoms with Crippen molar-refractivity contribution in [2.24, 2.45) is 0 Å². The maximum atomic E-state index is 12.9. The number of anilines is 1. The average molecular weight is 361 g/mol. The Bertz CT molecular complexity index is 936. The second-order valence-electron chi connectivity index (χ2n) is 6.13. The summed E-state index contributed by atoms with van der Waals surface area (Å²) in [7, 11) is 0. The van der Waals surface area contributed by atoms with Crippen LogP contribution in [0.25, 0.3) is 0 Å². The predicted octanol–water partition coefficient (Wildman–Crippen LogP) is 4.25. The number of aromatic hydroxyl groups is 1. The topological polar surface area (TPSA) is 86.6 Å². The first-order valence-corrected chi connectivity index (χ1v) is 8.50. The number of carbonyl (C=O) groups excluding carboxylic acids is 1. The van der Waals surface area contributed by atoms with E-state index in [0.717, 1.165) is 0 Å². The fourth-order valence-electron chi connectivity index (χ4n) is 2.87. The fraction of sp³-hybridized carbons (Fsp3) is 0.0909. The number of hydrogen-bond donors (Lipinski definition) is 3. The van der Waals surface area contributed by atoms with E-state index >= 15 is 0 Å². The van der Waals surface area contributed by atoms with Gasteiger partial charge in [0.2, 0.25) is 0 Å². The lowest BCUT2D eigenvalue weighted by molar-refractivity contribution is -0.137. The molecule has 1 unspecified atom stereocenters. The molecule has 0 aliphatic heterocycles. The molecule has 136 valence electrons. The average Bonchev–Trinajstić information content (AvgIpc) is 2.68. The van der Waals surface area contributed by atoms with Crippen molar-refractivity contribution in [3.05, 3.63) is 95.6 Å². The molecule has 0 aliphatic carbocycles. The van der Waals surface area contributed by atoms with E-state index in [1.165, 1.54) is 12.1 Å². The van der Waals surface area contributed by atoms with Gasteiger partial charge in [-0.15, -0.1) is 0 Å². The van der Waals surface area contributed by atoms with Crippen LogP contribution in [0.15, 0.2) is 78.9 Å². The molecule has 1 atom stereocenters. The molecule has 3 rings (SSSR count). The van der Waals surface area contributed by atoms with E-state index in [1.807, 2.05) is 6.07 Å². The summed E-state index contributed by atoms with van der Waals surface area (Å²) in [5.41, 5.74) is 2.30. The van der Waals surface area contributed by atoms with Crippen LogP contribution in [0.2, 0.25) is 0 Å². The standard InChI is InChI=1S/C22H19NO4/c24-17-12-10-15(11-13-17)20(14-21(25)26)23-19-9-5-4-8-18(19)22(27)16-6-2-1-3-7-16/h1-13,20,23-24H,14H2,(H,25,26). The maximum absolute atomic E-state index is 12.9. The number of hydrogen-bond acceptors (Lipinski definition) is 4. The Morgan fingerprint density at radius 1 is 0.852 bits per heavy atom. The minimum Gasteiger partial charge on any atom is -0.508 e. The molecule has 5 heteroatoms. The number of phenolic OH excluding ortho intramolecular Hbond substituents is 1. The van der Waals surface area contributed by atoms with Crippen LogP contribution >= 0.6 is 0 Å². The predicted molar refractivity (Wildman–Crippen MR) is 103 cm³/mol. The zero-order chi connectivity index (χ0) is 19.2. The van der Waals surface area contributed by atoms with Gasteiger partial charge in [0.25, 0.3) is 0 Å². The Morgan fingerprint density at radius 2 is 1.48 bits per heavy atom. The highest BCUT2D eigenvalue weighted by molar-refractivity contribution is 6.12. The minimum atomic E-state index is -0.965. The second-order valence-corrected chi connectivity index (χ2v) is 6.13. The number of carbonyl (C=O) groups is 2. The highest BCUT2D eigenvalue weighted by Gasteiger charge is 2.19. The van der Waals surface area contributed by atoms with Gasteiger partial charge < -0.3 is 15.5 Å². The third kappa shape index (κ3) is 4.52. The number of carboxylic acid groups (broad SMARTS) is 1. The molecule has 3 N–H and O–H groups in total. The van der Waals surface area contributed by atoms with E-state index < -0.39 is 12.0 Å². The number of benzene rings is 3. The zero-order valence-electron chi connectivity index (χ0n) is 14.5. The van der Waals surface area contributed by atoms with E-state index in [0.29, 0.717) is 22.4 Å². The molecule has 0 fully saturated rings. The Kier molecular flexibility index (Phi) is 5.52. The van der Waals surface area contributed by atoms with E-state index in [-0.39, 0.29) is 18.0 Å². The normalized spacial score (nSPS) is 11.6. The van der Waals surface area contributed by atoms with Crippen molar-refractivity contribution < 1.29 is 19.8 Å². The molecular weight excluding hydrogens is 342 g/mol. The lowest BCUT2D eigenvalue weighted by Crippen LogP contribution is -2.17. The number of para-hydroxylation sites is 1. The number of ketones is 1. The van der Waals surface area contributed by atoms with Crippen molar-refractivity contribution in [3.8, 4) is 5.75 Å². The summed E-state index contributed by atoms with van der Waals surface area (Å²) in [4.78, 5) is 24.2. The van der Waals surface area contributed by atoms with Gasteiger partial charge in [-0.3, -0.25) is 9.59 Å². The van der Waals surface area contributed by atoms with E-state index in [9.17, 15) is 19.8 Å². The van der Waals surface area contributed by atoms with Crippen LogP contribution in [-0.2, 0) is 4.79 Å². The van der Waals surface area contributed by atoms with Gasteiger partial charge in [-0.1, -0.05) is 54.6 Å². The molecule has 0 heterocycles. The number of phenols is 1. The van der Waals surface area contributed by atoms with Crippen molar-refractivity contribution in [2.75, 3.05) is 5.32 Å². The summed E-state index contributed by atoms with van der Waals surface area (Å²) in [6, 6.07) is 21.8. The van der Waals surface area contributed by atoms with Crippen molar-refractivity contribution in [1.29, 1.82) is 0 Å². The van der Waals surface area contributed by atoms with Crippen LogP contribution in [0.4, 0.5) is 5.69 Å². The number of rotatable bonds is 7. The van der Waals surface area contributed by atoms with Gasteiger partial charge in [-0.25, -0.2) is 0 Å². The summed E-state index contributed by atoms with van der Waals surface area (Å²) >= 11 is 0. The number of carboxylic acids is 1. The van der Waals surface area contributed by atoms with Crippen LogP contribution in [0, 0.1) is 0 Å². The molecule has 27 heavy (non-hydrogen) atoms. The minimum absolute atomic E-state index is 0.104. The highest BCUT2D eigenvalue weighted by atomic mass is 16.4. The molecule has 0 bridgehead atoms. The van der Waals surface area contributed by atoms with E-state index in [4.69, 9.17) is 0 Å². The van der Waals surface area contributed by atoms with Crippen molar-refractivity contribution in [3.63, 3.8) is 0 Å². The molecule has 0 radical (unpaired) electrons. The van der Waals surface area contributed by atoms with E-state index in [2.05, 4.69) is 5.32 Å². The molecule has 0 saturated heterocycles. The van der Waals surface area contributed by atoms with Crippen LogP contribution in [-0.4, -0.2) is 22.0 Å². The maximum Gasteiger partial charge on any atom is 0.305 e. The molecular formula is C22H19NO4. The highest BCUT2D eigenvalue weighted by Crippen LogP contribution is 2.27. The van der Waals surface area contributed by atoms with Crippen molar-refractivity contribution in [2.45, 2.75) is 12.5 Å². The largest absolute Gasteiger partial charge is 0.508 e. The zero-order valence-corrected chi connectivity index (χ0v) is 14.5. The quantitative estimate of drug-likeness (QED) is 0.548. The Morgan fingerprint density at radius 3 is 2.15 bits per heavy atom. The van der Waals surface area contributed by atoms with Crippen molar-refractivity contribution in [1.82, 2.24) is 0 Å². The summed E-state index contributed by atoms with van der Waals surface area (Å²) in [5.74, 6) is -1.00. The van der Waals surface area contributed by atoms with Gasteiger partial charge in [-0.05, 0) is 29.8 Å². The lowest BCUT2D eigenvalue weighted by Gasteiger charge is -2.21. The molecule has 0 saturated carbocycles. The Balaban J connectivity index is 1.94. The summed E-state index contributed by atoms with van der Waals surface area (Å²) in [5, 5.41) is 21.9. The molecule has 5 nitrogen and oxygen atoms in total. The Labute approximate surface area is 156 Å². The fourth-order valence-corrected chi connectivity index (χ4v) is 2.87. The van der Waals surface area contributed by atoms with Crippen molar-refractivity contribution >= 4 is 17.4 Å². The first-order valence-electron chi connectivity index (χ1n) is 8.50. The Hall–Kier alpha value is -3.60. The molecule has 0 aliphatic rings. The smallest absolute Gasteiger partial charge is 0.305 e. The van der Waals surface area contributed by atoms with Gasteiger partial charge >= 0.3 is 5.97 Å². The van der Waals surface area contributed by atoms with Crippen LogP contribution < -0.4 is 5.32 Å². The molecule has 3 aromatic carbocycles. The monoisotopic (exact) mass is 361 g/mol. The molecule has 0 amide bonds. The third-order valence-electron chi connectivity index (χ3n) is 4.21. The number of nitrogens with one attached hydrogen (secondary N) is 1. The lowest BCUT2D eigenvalue weighted by atomic mass is 9.99. The second kappa shape index (κ2) is 8.19. The first kappa shape index (κ1) is 18.2. The van der Waals surface area contributed by atoms with Crippen LogP contribution in [0.3, 0.4) is 0 Å².